The molecule has 0 saturated heterocycles. The van der Waals surface area contributed by atoms with Gasteiger partial charge in [0.15, 0.2) is 0 Å². The van der Waals surface area contributed by atoms with E-state index in [1.165, 1.54) is 12.6 Å². The lowest BCUT2D eigenvalue weighted by atomic mass is 10.5. The molecule has 54 valence electrons. The van der Waals surface area contributed by atoms with Crippen molar-refractivity contribution >= 4 is 5.97 Å². The maximum absolute atomic E-state index is 10.2. The Morgan fingerprint density at radius 1 is 1.90 bits per heavy atom. The summed E-state index contributed by atoms with van der Waals surface area (Å²) < 4.78 is 6.34. The number of oxazole rings is 1. The third-order valence-corrected chi connectivity index (χ3v) is 1.17. The van der Waals surface area contributed by atoms with E-state index in [9.17, 15) is 4.79 Å². The van der Waals surface area contributed by atoms with Gasteiger partial charge >= 0.3 is 12.4 Å². The van der Waals surface area contributed by atoms with Gasteiger partial charge in [-0.1, -0.05) is 0 Å². The number of nitrogens with zero attached hydrogens (tertiary/aromatic N) is 1. The number of carboxylic acids is 1. The molecule has 1 heterocycles. The first kappa shape index (κ1) is 6.80. The van der Waals surface area contributed by atoms with Crippen LogP contribution in [0.15, 0.2) is 17.0 Å². The van der Waals surface area contributed by atoms with Crippen LogP contribution in [0.4, 0.5) is 0 Å². The van der Waals surface area contributed by atoms with Crippen molar-refractivity contribution < 1.29 is 18.9 Å². The maximum Gasteiger partial charge on any atom is 0.378 e. The third kappa shape index (κ3) is 1.15. The van der Waals surface area contributed by atoms with Crippen LogP contribution in [0.1, 0.15) is 17.5 Å². The Labute approximate surface area is 57.7 Å². The van der Waals surface area contributed by atoms with E-state index < -0.39 is 5.97 Å². The highest BCUT2D eigenvalue weighted by molar-refractivity contribution is 5.83. The van der Waals surface area contributed by atoms with Gasteiger partial charge in [0, 0.05) is 0 Å². The van der Waals surface area contributed by atoms with Gasteiger partial charge in [0.2, 0.25) is 6.20 Å². The van der Waals surface area contributed by atoms with Crippen molar-refractivity contribution in [1.29, 1.82) is 0 Å². The molecule has 10 heavy (non-hydrogen) atoms. The van der Waals surface area contributed by atoms with Crippen LogP contribution in [0.2, 0.25) is 0 Å². The lowest BCUT2D eigenvalue weighted by Gasteiger charge is -1.76. The minimum atomic E-state index is -1.03. The van der Waals surface area contributed by atoms with Crippen LogP contribution in [-0.4, -0.2) is 11.1 Å². The lowest BCUT2D eigenvalue weighted by Crippen LogP contribution is -2.28. The number of aromatic nitrogens is 1. The van der Waals surface area contributed by atoms with Crippen LogP contribution in [0.25, 0.3) is 0 Å². The predicted molar refractivity (Wildman–Crippen MR) is 31.5 cm³/mol. The molecule has 0 aliphatic rings. The first-order valence-electron chi connectivity index (χ1n) is 2.95. The molecular formula is C6H8NO3+. The number of rotatable bonds is 2. The summed E-state index contributed by atoms with van der Waals surface area (Å²) in [6, 6.07) is 0. The highest BCUT2D eigenvalue weighted by Crippen LogP contribution is 1.93. The monoisotopic (exact) mass is 142 g/mol. The molecule has 1 rings (SSSR count). The first-order chi connectivity index (χ1) is 4.74. The third-order valence-electron chi connectivity index (χ3n) is 1.17. The standard InChI is InChI=1S/C6H7NO3/c1-2-7-3-5(6(8)9)10-4-7/h3-4H,2H2,1H3/p+1. The average Bonchev–Trinajstić information content (AvgIpc) is 2.34. The van der Waals surface area contributed by atoms with Crippen molar-refractivity contribution in [3.8, 4) is 0 Å². The number of aryl methyl sites for hydroxylation is 1. The first-order valence-corrected chi connectivity index (χ1v) is 2.95. The molecule has 0 unspecified atom stereocenters. The van der Waals surface area contributed by atoms with Crippen molar-refractivity contribution in [2.75, 3.05) is 0 Å². The number of carbonyl (C=O) groups is 1. The molecule has 0 aromatic carbocycles. The minimum Gasteiger partial charge on any atom is -0.475 e. The fourth-order valence-electron chi connectivity index (χ4n) is 0.607. The van der Waals surface area contributed by atoms with Crippen molar-refractivity contribution in [3.05, 3.63) is 18.4 Å². The van der Waals surface area contributed by atoms with E-state index in [0.29, 0.717) is 0 Å². The van der Waals surface area contributed by atoms with Crippen LogP contribution in [-0.2, 0) is 6.54 Å². The highest BCUT2D eigenvalue weighted by atomic mass is 16.4. The molecule has 0 fully saturated rings. The molecule has 1 aromatic rings. The fourth-order valence-corrected chi connectivity index (χ4v) is 0.607. The van der Waals surface area contributed by atoms with Crippen LogP contribution < -0.4 is 4.57 Å². The fraction of sp³-hybridized carbons (Fsp3) is 0.333. The zero-order chi connectivity index (χ0) is 7.56. The van der Waals surface area contributed by atoms with Gasteiger partial charge in [-0.3, -0.25) is 0 Å². The van der Waals surface area contributed by atoms with Crippen LogP contribution >= 0.6 is 0 Å². The van der Waals surface area contributed by atoms with Gasteiger partial charge in [-0.05, 0) is 6.92 Å². The molecule has 4 nitrogen and oxygen atoms in total. The molecule has 1 N–H and O–H groups in total. The molecule has 0 radical (unpaired) electrons. The summed E-state index contributed by atoms with van der Waals surface area (Å²) in [5, 5.41) is 8.39. The predicted octanol–water partition coefficient (Wildman–Crippen LogP) is 0.285. The van der Waals surface area contributed by atoms with Gasteiger partial charge in [0.05, 0.1) is 0 Å². The Hall–Kier alpha value is -1.32. The van der Waals surface area contributed by atoms with Gasteiger partial charge in [0.1, 0.15) is 6.54 Å². The Kier molecular flexibility index (Phi) is 1.71. The number of hydrogen-bond donors (Lipinski definition) is 1. The van der Waals surface area contributed by atoms with E-state index in [0.717, 1.165) is 6.54 Å². The highest BCUT2D eigenvalue weighted by Gasteiger charge is 2.12. The van der Waals surface area contributed by atoms with E-state index in [-0.39, 0.29) is 5.76 Å². The van der Waals surface area contributed by atoms with E-state index in [1.807, 2.05) is 6.92 Å². The number of carboxylic acid groups (broad SMARTS) is 1. The molecule has 0 bridgehead atoms. The van der Waals surface area contributed by atoms with Crippen molar-refractivity contribution in [1.82, 2.24) is 0 Å². The summed E-state index contributed by atoms with van der Waals surface area (Å²) in [5.41, 5.74) is 0. The smallest absolute Gasteiger partial charge is 0.378 e. The van der Waals surface area contributed by atoms with Gasteiger partial charge in [0.25, 0.3) is 5.76 Å². The number of aromatic carboxylic acids is 1. The topological polar surface area (TPSA) is 54.3 Å². The van der Waals surface area contributed by atoms with Crippen molar-refractivity contribution in [2.24, 2.45) is 0 Å². The van der Waals surface area contributed by atoms with Gasteiger partial charge in [-0.2, -0.15) is 4.57 Å². The molecule has 1 aromatic heterocycles. The summed E-state index contributed by atoms with van der Waals surface area (Å²) in [6.07, 6.45) is 2.83. The van der Waals surface area contributed by atoms with Crippen LogP contribution in [0.3, 0.4) is 0 Å². The Bertz CT molecular complexity index is 241. The second-order valence-electron chi connectivity index (χ2n) is 1.85. The number of hydrogen-bond acceptors (Lipinski definition) is 2. The largest absolute Gasteiger partial charge is 0.475 e. The van der Waals surface area contributed by atoms with Gasteiger partial charge in [-0.15, -0.1) is 0 Å². The second kappa shape index (κ2) is 2.51. The van der Waals surface area contributed by atoms with Crippen molar-refractivity contribution in [2.45, 2.75) is 13.5 Å². The molecule has 0 aliphatic carbocycles. The minimum absolute atomic E-state index is 0.0261. The van der Waals surface area contributed by atoms with Crippen LogP contribution in [0.5, 0.6) is 0 Å². The maximum atomic E-state index is 10.2. The molecule has 0 amide bonds. The summed E-state index contributed by atoms with van der Waals surface area (Å²) >= 11 is 0. The SMILES string of the molecule is CC[n+]1coc(C(=O)O)c1. The van der Waals surface area contributed by atoms with E-state index in [4.69, 9.17) is 5.11 Å². The van der Waals surface area contributed by atoms with E-state index in [2.05, 4.69) is 4.42 Å². The molecular weight excluding hydrogens is 134 g/mol. The zero-order valence-electron chi connectivity index (χ0n) is 5.57. The molecule has 0 saturated carbocycles. The summed E-state index contributed by atoms with van der Waals surface area (Å²) in [4.78, 5) is 10.2. The summed E-state index contributed by atoms with van der Waals surface area (Å²) in [7, 11) is 0. The van der Waals surface area contributed by atoms with Gasteiger partial charge < -0.3 is 9.52 Å². The quantitative estimate of drug-likeness (QED) is 0.603. The summed E-state index contributed by atoms with van der Waals surface area (Å²) in [5.74, 6) is -1.06. The van der Waals surface area contributed by atoms with E-state index in [1.54, 1.807) is 4.57 Å². The molecule has 4 heteroatoms. The zero-order valence-corrected chi connectivity index (χ0v) is 5.57. The van der Waals surface area contributed by atoms with Crippen LogP contribution in [0, 0.1) is 0 Å². The summed E-state index contributed by atoms with van der Waals surface area (Å²) in [6.45, 7) is 2.62. The normalized spacial score (nSPS) is 9.70. The Morgan fingerprint density at radius 2 is 2.60 bits per heavy atom. The Balaban J connectivity index is 2.88. The van der Waals surface area contributed by atoms with E-state index >= 15 is 0 Å². The molecule has 0 aliphatic heterocycles. The second-order valence-corrected chi connectivity index (χ2v) is 1.85. The molecule has 0 spiro atoms. The average molecular weight is 142 g/mol. The molecule has 0 atom stereocenters. The van der Waals surface area contributed by atoms with Crippen molar-refractivity contribution in [3.63, 3.8) is 0 Å². The Morgan fingerprint density at radius 3 is 2.90 bits per heavy atom. The lowest BCUT2D eigenvalue weighted by molar-refractivity contribution is -0.696. The van der Waals surface area contributed by atoms with Gasteiger partial charge in [-0.25, -0.2) is 4.79 Å².